The van der Waals surface area contributed by atoms with E-state index in [-0.39, 0.29) is 24.8 Å². The second-order valence-corrected chi connectivity index (χ2v) is 12.8. The van der Waals surface area contributed by atoms with E-state index in [1.165, 1.54) is 58.8 Å². The molecule has 1 aliphatic rings. The second-order valence-electron chi connectivity index (χ2n) is 10.4. The van der Waals surface area contributed by atoms with Crippen LogP contribution >= 0.6 is 0 Å². The minimum atomic E-state index is 0. The maximum Gasteiger partial charge on any atom is -0.0253 e. The third kappa shape index (κ3) is 8.97. The summed E-state index contributed by atoms with van der Waals surface area (Å²) in [5.74, 6) is 0. The van der Waals surface area contributed by atoms with Crippen LogP contribution in [0.3, 0.4) is 0 Å². The van der Waals surface area contributed by atoms with Gasteiger partial charge in [0.2, 0.25) is 0 Å². The molecule has 0 spiro atoms. The van der Waals surface area contributed by atoms with Gasteiger partial charge in [0.1, 0.15) is 0 Å². The van der Waals surface area contributed by atoms with Gasteiger partial charge in [-0.3, -0.25) is 0 Å². The van der Waals surface area contributed by atoms with Gasteiger partial charge in [0.25, 0.3) is 0 Å². The van der Waals surface area contributed by atoms with Gasteiger partial charge in [0.15, 0.2) is 0 Å². The Balaban J connectivity index is 0.000000560. The first-order valence-corrected chi connectivity index (χ1v) is 13.0. The molecule has 34 heavy (non-hydrogen) atoms. The summed E-state index contributed by atoms with van der Waals surface area (Å²) in [5.41, 5.74) is 14.3. The molecule has 0 nitrogen and oxygen atoms in total. The zero-order valence-electron chi connectivity index (χ0n) is 22.6. The molecule has 0 saturated heterocycles. The molecule has 0 aliphatic heterocycles. The van der Waals surface area contributed by atoms with Crippen molar-refractivity contribution in [3.05, 3.63) is 87.0 Å². The Kier molecular flexibility index (Phi) is 13.7. The number of rotatable bonds is 1. The van der Waals surface area contributed by atoms with Crippen LogP contribution in [-0.2, 0) is 42.5 Å². The summed E-state index contributed by atoms with van der Waals surface area (Å²) in [5, 5.41) is 0. The number of aryl methyl sites for hydroxylation is 5. The zero-order valence-corrected chi connectivity index (χ0v) is 26.6. The molecule has 3 heteroatoms. The largest absolute Gasteiger partial charge is 1.00 e. The first-order valence-electron chi connectivity index (χ1n) is 11.7. The van der Waals surface area contributed by atoms with E-state index in [2.05, 4.69) is 112 Å². The predicted octanol–water partition coefficient (Wildman–Crippen LogP) is 2.31. The Morgan fingerprint density at radius 3 is 1.91 bits per heavy atom. The molecule has 0 unspecified atom stereocenters. The predicted molar refractivity (Wildman–Crippen MR) is 139 cm³/mol. The summed E-state index contributed by atoms with van der Waals surface area (Å²) in [6.07, 6.45) is 2.20. The van der Waals surface area contributed by atoms with Crippen molar-refractivity contribution in [1.82, 2.24) is 0 Å². The Labute approximate surface area is 236 Å². The van der Waals surface area contributed by atoms with Crippen LogP contribution in [0.2, 0.25) is 0 Å². The van der Waals surface area contributed by atoms with Crippen molar-refractivity contribution >= 4 is 3.21 Å². The fraction of sp³-hybridized carbons (Fsp3) is 0.419. The van der Waals surface area contributed by atoms with Crippen molar-refractivity contribution < 1.29 is 49.0 Å². The molecule has 0 N–H and O–H groups in total. The zero-order chi connectivity index (χ0) is 24.2. The van der Waals surface area contributed by atoms with Crippen LogP contribution < -0.4 is 24.8 Å². The summed E-state index contributed by atoms with van der Waals surface area (Å²) in [7, 11) is 0. The molecule has 0 amide bonds. The molecule has 0 aromatic heterocycles. The molecule has 0 fully saturated rings. The van der Waals surface area contributed by atoms with Crippen molar-refractivity contribution in [1.29, 1.82) is 0 Å². The summed E-state index contributed by atoms with van der Waals surface area (Å²) < 4.78 is 1.51. The standard InChI is InChI=1S/C17H17.C11H17.C3H6.2ClH.Zr/c1-10-5-14-9-15-6-11(2)13(4)8-17(15)16(14)7-12(10)3;1-5-9-6-7-10(8-9)11(2,3)4;1-3-2;;;/h5,7-8H,9H2,1-4H3;6-8H,5H2,1-4H3;1-2H3;2*1H;/q2*-1;;;;+2/p-2. The molecule has 0 bridgehead atoms. The van der Waals surface area contributed by atoms with E-state index >= 15 is 0 Å². The van der Waals surface area contributed by atoms with E-state index in [0.717, 1.165) is 12.8 Å². The van der Waals surface area contributed by atoms with Crippen molar-refractivity contribution in [3.63, 3.8) is 0 Å². The second kappa shape index (κ2) is 14.0. The maximum absolute atomic E-state index is 3.54. The SMILES string of the molecule is CCc1cc(C(C)(C)C)c[cH-]1.C[C](C)=[Zr+2].Cc1[c-]c2c(cc1C)-c1cc(C)c(C)cc1C2.[Cl-].[Cl-]. The number of benzene rings is 2. The van der Waals surface area contributed by atoms with Crippen LogP contribution in [0.25, 0.3) is 11.1 Å². The van der Waals surface area contributed by atoms with Crippen molar-refractivity contribution in [2.24, 2.45) is 0 Å². The van der Waals surface area contributed by atoms with Gasteiger partial charge in [-0.2, -0.15) is 46.5 Å². The number of fused-ring (bicyclic) bond motifs is 3. The fourth-order valence-electron chi connectivity index (χ4n) is 3.83. The molecule has 0 atom stereocenters. The Morgan fingerprint density at radius 2 is 1.44 bits per heavy atom. The van der Waals surface area contributed by atoms with Crippen LogP contribution in [0.1, 0.15) is 86.1 Å². The van der Waals surface area contributed by atoms with E-state index < -0.39 is 0 Å². The van der Waals surface area contributed by atoms with E-state index in [1.54, 1.807) is 24.2 Å². The third-order valence-electron chi connectivity index (χ3n) is 6.08. The van der Waals surface area contributed by atoms with Gasteiger partial charge in [0, 0.05) is 0 Å². The average Bonchev–Trinajstić information content (AvgIpc) is 3.28. The smallest absolute Gasteiger partial charge is 0.0253 e. The first kappa shape index (κ1) is 33.1. The molecule has 3 aromatic carbocycles. The van der Waals surface area contributed by atoms with Crippen LogP contribution in [0.5, 0.6) is 0 Å². The van der Waals surface area contributed by atoms with E-state index in [0.29, 0.717) is 5.41 Å². The van der Waals surface area contributed by atoms with E-state index in [9.17, 15) is 0 Å². The minimum absolute atomic E-state index is 0. The summed E-state index contributed by atoms with van der Waals surface area (Å²) >= 11 is 1.55. The monoisotopic (exact) mass is 572 g/mol. The first-order chi connectivity index (χ1) is 14.8. The van der Waals surface area contributed by atoms with Gasteiger partial charge in [-0.15, -0.1) is 11.1 Å². The molecule has 0 radical (unpaired) electrons. The van der Waals surface area contributed by atoms with Crippen LogP contribution in [0, 0.1) is 33.8 Å². The van der Waals surface area contributed by atoms with Crippen molar-refractivity contribution in [2.45, 2.75) is 87.5 Å². The van der Waals surface area contributed by atoms with Crippen molar-refractivity contribution in [3.8, 4) is 11.1 Å². The molecule has 3 aromatic rings. The molecule has 184 valence electrons. The van der Waals surface area contributed by atoms with Gasteiger partial charge < -0.3 is 24.8 Å². The third-order valence-corrected chi connectivity index (χ3v) is 6.08. The Bertz CT molecular complexity index is 1040. The number of halogens is 2. The average molecular weight is 575 g/mol. The molecular formula is C31H40Cl2Zr-2. The normalized spacial score (nSPS) is 10.9. The van der Waals surface area contributed by atoms with E-state index in [1.807, 2.05) is 0 Å². The Hall–Kier alpha value is -0.877. The van der Waals surface area contributed by atoms with Gasteiger partial charge in [-0.1, -0.05) is 71.1 Å². The van der Waals surface area contributed by atoms with Gasteiger partial charge in [-0.25, -0.2) is 6.07 Å². The molecule has 0 saturated carbocycles. The van der Waals surface area contributed by atoms with Gasteiger partial charge in [-0.05, 0) is 37.0 Å². The summed E-state index contributed by atoms with van der Waals surface area (Å²) in [6.45, 7) is 21.9. The fourth-order valence-corrected chi connectivity index (χ4v) is 3.83. The Morgan fingerprint density at radius 1 is 0.912 bits per heavy atom. The summed E-state index contributed by atoms with van der Waals surface area (Å²) in [4.78, 5) is 0. The number of hydrogen-bond donors (Lipinski definition) is 0. The topological polar surface area (TPSA) is 0 Å². The minimum Gasteiger partial charge on any atom is -1.00 e. The molecular weight excluding hydrogens is 534 g/mol. The van der Waals surface area contributed by atoms with Crippen LogP contribution in [-0.4, -0.2) is 3.21 Å². The van der Waals surface area contributed by atoms with Gasteiger partial charge in [0.05, 0.1) is 0 Å². The van der Waals surface area contributed by atoms with E-state index in [4.69, 9.17) is 0 Å². The summed E-state index contributed by atoms with van der Waals surface area (Å²) in [6, 6.07) is 17.3. The maximum atomic E-state index is 3.54. The molecule has 4 rings (SSSR count). The van der Waals surface area contributed by atoms with Crippen molar-refractivity contribution in [2.75, 3.05) is 0 Å². The molecule has 1 aliphatic carbocycles. The quantitative estimate of drug-likeness (QED) is 0.306. The van der Waals surface area contributed by atoms with Gasteiger partial charge >= 0.3 is 41.3 Å². The molecule has 0 heterocycles. The van der Waals surface area contributed by atoms with Crippen LogP contribution in [0.4, 0.5) is 0 Å². The number of hydrogen-bond acceptors (Lipinski definition) is 0. The van der Waals surface area contributed by atoms with Crippen LogP contribution in [0.15, 0.2) is 36.4 Å².